The van der Waals surface area contributed by atoms with E-state index in [9.17, 15) is 9.90 Å². The summed E-state index contributed by atoms with van der Waals surface area (Å²) in [6.07, 6.45) is 5.69. The maximum atomic E-state index is 11.8. The van der Waals surface area contributed by atoms with Crippen molar-refractivity contribution in [1.82, 2.24) is 5.32 Å². The lowest BCUT2D eigenvalue weighted by Gasteiger charge is -2.19. The van der Waals surface area contributed by atoms with Crippen molar-refractivity contribution >= 4 is 18.3 Å². The Labute approximate surface area is 109 Å². The molecule has 1 amide bonds. The number of carbonyl (C=O) groups excluding carboxylic acids is 1. The Morgan fingerprint density at radius 3 is 2.47 bits per heavy atom. The molecule has 0 bridgehead atoms. The molecule has 0 radical (unpaired) electrons. The van der Waals surface area contributed by atoms with Gasteiger partial charge in [-0.05, 0) is 25.7 Å². The molecule has 17 heavy (non-hydrogen) atoms. The fourth-order valence-corrected chi connectivity index (χ4v) is 2.93. The highest BCUT2D eigenvalue weighted by molar-refractivity contribution is 5.85. The van der Waals surface area contributed by atoms with E-state index in [0.717, 1.165) is 38.5 Å². The summed E-state index contributed by atoms with van der Waals surface area (Å²) >= 11 is 0. The average molecular weight is 263 g/mol. The first-order valence-electron chi connectivity index (χ1n) is 6.40. The Morgan fingerprint density at radius 2 is 1.94 bits per heavy atom. The zero-order chi connectivity index (χ0) is 11.5. The van der Waals surface area contributed by atoms with Gasteiger partial charge in [0.2, 0.25) is 5.91 Å². The maximum absolute atomic E-state index is 11.8. The third kappa shape index (κ3) is 3.57. The third-order valence-electron chi connectivity index (χ3n) is 4.06. The molecule has 2 fully saturated rings. The Hall–Kier alpha value is -0.320. The lowest BCUT2D eigenvalue weighted by Crippen LogP contribution is -2.41. The van der Waals surface area contributed by atoms with Crippen LogP contribution in [0, 0.1) is 11.8 Å². The van der Waals surface area contributed by atoms with E-state index in [4.69, 9.17) is 5.73 Å². The number of carbonyl (C=O) groups is 1. The Balaban J connectivity index is 0.00000144. The van der Waals surface area contributed by atoms with Crippen LogP contribution in [0.1, 0.15) is 38.5 Å². The largest absolute Gasteiger partial charge is 0.393 e. The van der Waals surface area contributed by atoms with Crippen molar-refractivity contribution in [2.24, 2.45) is 17.6 Å². The first-order valence-corrected chi connectivity index (χ1v) is 6.40. The van der Waals surface area contributed by atoms with Crippen LogP contribution < -0.4 is 11.1 Å². The molecule has 2 rings (SSSR count). The van der Waals surface area contributed by atoms with E-state index in [2.05, 4.69) is 5.32 Å². The highest BCUT2D eigenvalue weighted by Crippen LogP contribution is 2.26. The summed E-state index contributed by atoms with van der Waals surface area (Å²) in [6, 6.07) is 0.0356. The second kappa shape index (κ2) is 6.57. The SMILES string of the molecule is Cl.NC1CCCC1C(=O)NCC1CCCC1O. The topological polar surface area (TPSA) is 75.4 Å². The monoisotopic (exact) mass is 262 g/mol. The second-order valence-corrected chi connectivity index (χ2v) is 5.20. The second-order valence-electron chi connectivity index (χ2n) is 5.20. The number of nitrogens with two attached hydrogens (primary N) is 1. The van der Waals surface area contributed by atoms with Crippen LogP contribution in [0.15, 0.2) is 0 Å². The quantitative estimate of drug-likeness (QED) is 0.705. The summed E-state index contributed by atoms with van der Waals surface area (Å²) < 4.78 is 0. The molecule has 2 aliphatic carbocycles. The van der Waals surface area contributed by atoms with Crippen LogP contribution in [0.4, 0.5) is 0 Å². The van der Waals surface area contributed by atoms with Crippen molar-refractivity contribution in [3.63, 3.8) is 0 Å². The summed E-state index contributed by atoms with van der Waals surface area (Å²) in [5.74, 6) is 0.337. The minimum absolute atomic E-state index is 0. The Kier molecular flexibility index (Phi) is 5.70. The number of hydrogen-bond donors (Lipinski definition) is 3. The first-order chi connectivity index (χ1) is 7.68. The molecule has 4 unspecified atom stereocenters. The molecule has 0 spiro atoms. The average Bonchev–Trinajstić information content (AvgIpc) is 2.84. The lowest BCUT2D eigenvalue weighted by molar-refractivity contribution is -0.125. The van der Waals surface area contributed by atoms with E-state index < -0.39 is 0 Å². The van der Waals surface area contributed by atoms with Gasteiger partial charge in [0.15, 0.2) is 0 Å². The molecule has 5 heteroatoms. The minimum Gasteiger partial charge on any atom is -0.393 e. The van der Waals surface area contributed by atoms with E-state index in [0.29, 0.717) is 6.54 Å². The van der Waals surface area contributed by atoms with E-state index in [1.165, 1.54) is 0 Å². The van der Waals surface area contributed by atoms with Crippen LogP contribution in [0.2, 0.25) is 0 Å². The highest BCUT2D eigenvalue weighted by Gasteiger charge is 2.31. The smallest absolute Gasteiger partial charge is 0.224 e. The fourth-order valence-electron chi connectivity index (χ4n) is 2.93. The molecule has 4 atom stereocenters. The Morgan fingerprint density at radius 1 is 1.24 bits per heavy atom. The van der Waals surface area contributed by atoms with Crippen LogP contribution >= 0.6 is 12.4 Å². The first kappa shape index (κ1) is 14.7. The summed E-state index contributed by atoms with van der Waals surface area (Å²) in [6.45, 7) is 0.614. The third-order valence-corrected chi connectivity index (χ3v) is 4.06. The van der Waals surface area contributed by atoms with Crippen molar-refractivity contribution < 1.29 is 9.90 Å². The van der Waals surface area contributed by atoms with Crippen LogP contribution in [0.5, 0.6) is 0 Å². The normalized spacial score (nSPS) is 36.6. The number of hydrogen-bond acceptors (Lipinski definition) is 3. The van der Waals surface area contributed by atoms with Gasteiger partial charge in [0.05, 0.1) is 12.0 Å². The van der Waals surface area contributed by atoms with E-state index >= 15 is 0 Å². The zero-order valence-corrected chi connectivity index (χ0v) is 10.9. The van der Waals surface area contributed by atoms with Crippen molar-refractivity contribution in [3.8, 4) is 0 Å². The van der Waals surface area contributed by atoms with E-state index in [1.807, 2.05) is 0 Å². The molecule has 0 aromatic heterocycles. The summed E-state index contributed by atoms with van der Waals surface area (Å²) in [7, 11) is 0. The molecule has 100 valence electrons. The van der Waals surface area contributed by atoms with Gasteiger partial charge in [-0.25, -0.2) is 0 Å². The molecule has 2 aliphatic rings. The number of aliphatic hydroxyl groups is 1. The van der Waals surface area contributed by atoms with Gasteiger partial charge in [0.1, 0.15) is 0 Å². The summed E-state index contributed by atoms with van der Waals surface area (Å²) in [5, 5.41) is 12.6. The predicted molar refractivity (Wildman–Crippen MR) is 68.9 cm³/mol. The summed E-state index contributed by atoms with van der Waals surface area (Å²) in [4.78, 5) is 11.8. The van der Waals surface area contributed by atoms with Crippen molar-refractivity contribution in [1.29, 1.82) is 0 Å². The minimum atomic E-state index is -0.224. The molecule has 0 aliphatic heterocycles. The van der Waals surface area contributed by atoms with Crippen molar-refractivity contribution in [3.05, 3.63) is 0 Å². The van der Waals surface area contributed by atoms with E-state index in [-0.39, 0.29) is 42.3 Å². The molecule has 0 aromatic rings. The fraction of sp³-hybridized carbons (Fsp3) is 0.917. The zero-order valence-electron chi connectivity index (χ0n) is 10.1. The number of amides is 1. The Bertz CT molecular complexity index is 263. The van der Waals surface area contributed by atoms with Gasteiger partial charge >= 0.3 is 0 Å². The molecule has 0 aromatic carbocycles. The standard InChI is InChI=1S/C12H22N2O2.ClH/c13-10-5-2-4-9(10)12(16)14-7-8-3-1-6-11(8)15;/h8-11,15H,1-7,13H2,(H,14,16);1H. The summed E-state index contributed by atoms with van der Waals surface area (Å²) in [5.41, 5.74) is 5.88. The number of nitrogens with one attached hydrogen (secondary N) is 1. The van der Waals surface area contributed by atoms with Crippen molar-refractivity contribution in [2.75, 3.05) is 6.54 Å². The molecule has 0 heterocycles. The van der Waals surface area contributed by atoms with Gasteiger partial charge in [-0.15, -0.1) is 12.4 Å². The van der Waals surface area contributed by atoms with E-state index in [1.54, 1.807) is 0 Å². The van der Waals surface area contributed by atoms with Crippen molar-refractivity contribution in [2.45, 2.75) is 50.7 Å². The van der Waals surface area contributed by atoms with Gasteiger partial charge in [-0.1, -0.05) is 12.8 Å². The molecule has 2 saturated carbocycles. The number of halogens is 1. The van der Waals surface area contributed by atoms with Gasteiger partial charge in [-0.3, -0.25) is 4.79 Å². The highest BCUT2D eigenvalue weighted by atomic mass is 35.5. The predicted octanol–water partition coefficient (Wildman–Crippen LogP) is 0.813. The van der Waals surface area contributed by atoms with Gasteiger partial charge < -0.3 is 16.2 Å². The van der Waals surface area contributed by atoms with Gasteiger partial charge in [-0.2, -0.15) is 0 Å². The molecule has 4 N–H and O–H groups in total. The van der Waals surface area contributed by atoms with Crippen LogP contribution in [0.25, 0.3) is 0 Å². The van der Waals surface area contributed by atoms with Crippen LogP contribution in [-0.2, 0) is 4.79 Å². The molecule has 0 saturated heterocycles. The lowest BCUT2D eigenvalue weighted by atomic mass is 10.0. The molecular formula is C12H23ClN2O2. The van der Waals surface area contributed by atoms with Gasteiger partial charge in [0.25, 0.3) is 0 Å². The number of aliphatic hydroxyl groups excluding tert-OH is 1. The molecule has 4 nitrogen and oxygen atoms in total. The maximum Gasteiger partial charge on any atom is 0.224 e. The van der Waals surface area contributed by atoms with Crippen LogP contribution in [0.3, 0.4) is 0 Å². The van der Waals surface area contributed by atoms with Gasteiger partial charge in [0, 0.05) is 18.5 Å². The number of rotatable bonds is 3. The molecular weight excluding hydrogens is 240 g/mol. The van der Waals surface area contributed by atoms with Crippen LogP contribution in [-0.4, -0.2) is 29.7 Å².